The van der Waals surface area contributed by atoms with Crippen LogP contribution in [0.2, 0.25) is 0 Å². The van der Waals surface area contributed by atoms with Gasteiger partial charge in [-0.05, 0) is 29.3 Å². The molecule has 2 atom stereocenters. The molecule has 1 aliphatic heterocycles. The van der Waals surface area contributed by atoms with Gasteiger partial charge in [-0.15, -0.1) is 0 Å². The number of aliphatic hydroxyl groups is 1. The Morgan fingerprint density at radius 2 is 1.97 bits per heavy atom. The van der Waals surface area contributed by atoms with Crippen LogP contribution in [-0.4, -0.2) is 55.6 Å². The highest BCUT2D eigenvalue weighted by Crippen LogP contribution is 2.31. The first-order valence-electron chi connectivity index (χ1n) is 9.52. The van der Waals surface area contributed by atoms with Gasteiger partial charge in [-0.3, -0.25) is 19.7 Å². The third-order valence-electron chi connectivity index (χ3n) is 5.52. The number of benzene rings is 2. The van der Waals surface area contributed by atoms with E-state index in [-0.39, 0.29) is 24.3 Å². The molecule has 31 heavy (non-hydrogen) atoms. The van der Waals surface area contributed by atoms with Crippen LogP contribution in [0.1, 0.15) is 11.1 Å². The molecule has 0 radical (unpaired) electrons. The molecule has 0 aliphatic carbocycles. The van der Waals surface area contributed by atoms with Gasteiger partial charge in [-0.2, -0.15) is 0 Å². The van der Waals surface area contributed by atoms with Gasteiger partial charge in [0.25, 0.3) is 11.6 Å². The van der Waals surface area contributed by atoms with Gasteiger partial charge in [-0.1, -0.05) is 18.2 Å². The largest absolute Gasteiger partial charge is 0.508 e. The number of nitrogens with zero attached hydrogens (tertiary/aromatic N) is 2. The normalized spacial score (nSPS) is 21.4. The number of H-pyrrole nitrogens is 1. The van der Waals surface area contributed by atoms with Crippen molar-refractivity contribution in [2.45, 2.75) is 24.6 Å². The Balaban J connectivity index is 1.61. The minimum Gasteiger partial charge on any atom is -0.508 e. The van der Waals surface area contributed by atoms with E-state index >= 15 is 0 Å². The highest BCUT2D eigenvalue weighted by molar-refractivity contribution is 5.99. The van der Waals surface area contributed by atoms with Crippen molar-refractivity contribution in [2.75, 3.05) is 7.05 Å². The number of carbonyl (C=O) groups excluding carboxylic acids is 2. The molecule has 0 bridgehead atoms. The predicted octanol–water partition coefficient (Wildman–Crippen LogP) is 1.21. The van der Waals surface area contributed by atoms with Gasteiger partial charge in [0.2, 0.25) is 11.6 Å². The third kappa shape index (κ3) is 3.57. The Morgan fingerprint density at radius 1 is 1.23 bits per heavy atom. The second-order valence-corrected chi connectivity index (χ2v) is 7.60. The van der Waals surface area contributed by atoms with E-state index in [2.05, 4.69) is 10.3 Å². The fourth-order valence-corrected chi connectivity index (χ4v) is 4.02. The van der Waals surface area contributed by atoms with E-state index in [1.807, 2.05) is 0 Å². The molecule has 0 unspecified atom stereocenters. The van der Waals surface area contributed by atoms with Gasteiger partial charge in [0.15, 0.2) is 0 Å². The Labute approximate surface area is 176 Å². The molecule has 0 saturated carbocycles. The second-order valence-electron chi connectivity index (χ2n) is 7.60. The van der Waals surface area contributed by atoms with Crippen molar-refractivity contribution in [3.05, 3.63) is 69.9 Å². The average molecular weight is 424 g/mol. The van der Waals surface area contributed by atoms with Crippen LogP contribution in [0, 0.1) is 10.1 Å². The summed E-state index contributed by atoms with van der Waals surface area (Å²) in [4.78, 5) is 40.8. The van der Waals surface area contributed by atoms with Crippen molar-refractivity contribution in [3.63, 3.8) is 0 Å². The number of amides is 2. The van der Waals surface area contributed by atoms with E-state index in [0.717, 1.165) is 4.90 Å². The number of phenols is 1. The summed E-state index contributed by atoms with van der Waals surface area (Å²) in [5.74, 6) is -1.32. The maximum atomic E-state index is 12.9. The number of carbonyl (C=O) groups is 2. The molecule has 10 nitrogen and oxygen atoms in total. The molecular weight excluding hydrogens is 404 g/mol. The van der Waals surface area contributed by atoms with Crippen LogP contribution in [0.25, 0.3) is 10.9 Å². The quantitative estimate of drug-likeness (QED) is 0.357. The van der Waals surface area contributed by atoms with Crippen molar-refractivity contribution in [1.29, 1.82) is 0 Å². The number of aromatic hydroxyl groups is 1. The number of piperazine rings is 1. The molecule has 2 heterocycles. The molecule has 4 N–H and O–H groups in total. The van der Waals surface area contributed by atoms with E-state index in [1.54, 1.807) is 30.5 Å². The van der Waals surface area contributed by atoms with Gasteiger partial charge in [-0.25, -0.2) is 0 Å². The first kappa shape index (κ1) is 20.4. The van der Waals surface area contributed by atoms with E-state index in [0.29, 0.717) is 22.0 Å². The number of rotatable bonds is 5. The lowest BCUT2D eigenvalue weighted by Crippen LogP contribution is -2.70. The minimum absolute atomic E-state index is 0.0251. The highest BCUT2D eigenvalue weighted by atomic mass is 16.6. The lowest BCUT2D eigenvalue weighted by Gasteiger charge is -2.41. The number of hydrogen-bond acceptors (Lipinski definition) is 6. The van der Waals surface area contributed by atoms with E-state index in [1.165, 1.54) is 25.2 Å². The van der Waals surface area contributed by atoms with Crippen LogP contribution >= 0.6 is 0 Å². The number of fused-ring (bicyclic) bond motifs is 1. The summed E-state index contributed by atoms with van der Waals surface area (Å²) in [6, 6.07) is 9.71. The number of aromatic nitrogens is 1. The lowest BCUT2D eigenvalue weighted by atomic mass is 9.94. The fraction of sp³-hybridized carbons (Fsp3) is 0.238. The molecule has 4 rings (SSSR count). The van der Waals surface area contributed by atoms with Crippen molar-refractivity contribution in [2.24, 2.45) is 0 Å². The van der Waals surface area contributed by atoms with E-state index < -0.39 is 28.5 Å². The predicted molar refractivity (Wildman–Crippen MR) is 110 cm³/mol. The second kappa shape index (κ2) is 7.40. The van der Waals surface area contributed by atoms with Crippen molar-refractivity contribution < 1.29 is 24.7 Å². The summed E-state index contributed by atoms with van der Waals surface area (Å²) in [6.45, 7) is 0. The fourth-order valence-electron chi connectivity index (χ4n) is 4.02. The average Bonchev–Trinajstić information content (AvgIpc) is 3.12. The molecule has 2 amide bonds. The van der Waals surface area contributed by atoms with Gasteiger partial charge in [0.1, 0.15) is 11.8 Å². The summed E-state index contributed by atoms with van der Waals surface area (Å²) in [7, 11) is 1.41. The monoisotopic (exact) mass is 424 g/mol. The van der Waals surface area contributed by atoms with Crippen LogP contribution in [0.15, 0.2) is 48.7 Å². The number of nitro groups is 1. The Kier molecular flexibility index (Phi) is 4.86. The SMILES string of the molecule is CN1C(=O)[C@](O)(Cc2cccc(O)c2)NC(=O)[C@@H]1Cc1c[nH]c2cccc([N+](=O)[O-])c12. The number of hydrogen-bond donors (Lipinski definition) is 4. The molecule has 3 aromatic rings. The van der Waals surface area contributed by atoms with Crippen LogP contribution in [-0.2, 0) is 22.4 Å². The number of non-ortho nitro benzene ring substituents is 1. The standard InChI is InChI=1S/C21H20N4O6/c1-24-17(9-13-11-22-15-6-3-7-16(18(13)15)25(30)31)19(27)23-21(29,20(24)28)10-12-4-2-5-14(26)8-12/h2-8,11,17,22,26,29H,9-10H2,1H3,(H,23,27)/t17-,21+/m0/s1. The molecule has 160 valence electrons. The first-order chi connectivity index (χ1) is 14.7. The van der Waals surface area contributed by atoms with Gasteiger partial charge in [0, 0.05) is 32.2 Å². The Hall–Kier alpha value is -3.92. The molecule has 10 heteroatoms. The van der Waals surface area contributed by atoms with Crippen molar-refractivity contribution >= 4 is 28.4 Å². The van der Waals surface area contributed by atoms with Crippen LogP contribution < -0.4 is 5.32 Å². The van der Waals surface area contributed by atoms with E-state index in [4.69, 9.17) is 0 Å². The number of phenolic OH excluding ortho intramolecular Hbond substituents is 1. The molecule has 2 aromatic carbocycles. The molecule has 1 aliphatic rings. The van der Waals surface area contributed by atoms with Crippen molar-refractivity contribution in [1.82, 2.24) is 15.2 Å². The summed E-state index contributed by atoms with van der Waals surface area (Å²) >= 11 is 0. The van der Waals surface area contributed by atoms with Crippen molar-refractivity contribution in [3.8, 4) is 5.75 Å². The van der Waals surface area contributed by atoms with Gasteiger partial charge >= 0.3 is 0 Å². The van der Waals surface area contributed by atoms with Crippen LogP contribution in [0.4, 0.5) is 5.69 Å². The Morgan fingerprint density at radius 3 is 2.68 bits per heavy atom. The van der Waals surface area contributed by atoms with E-state index in [9.17, 15) is 29.9 Å². The highest BCUT2D eigenvalue weighted by Gasteiger charge is 2.48. The summed E-state index contributed by atoms with van der Waals surface area (Å²) in [5.41, 5.74) is -0.729. The first-order valence-corrected chi connectivity index (χ1v) is 9.52. The number of likely N-dealkylation sites (N-methyl/N-ethyl adjacent to an activating group) is 1. The molecule has 0 spiro atoms. The third-order valence-corrected chi connectivity index (χ3v) is 5.52. The Bertz CT molecular complexity index is 1210. The minimum atomic E-state index is -2.16. The topological polar surface area (TPSA) is 149 Å². The maximum absolute atomic E-state index is 12.9. The van der Waals surface area contributed by atoms with Crippen LogP contribution in [0.3, 0.4) is 0 Å². The zero-order valence-electron chi connectivity index (χ0n) is 16.5. The summed E-state index contributed by atoms with van der Waals surface area (Å²) in [6.07, 6.45) is 1.39. The zero-order valence-corrected chi connectivity index (χ0v) is 16.5. The molecule has 1 aromatic heterocycles. The van der Waals surface area contributed by atoms with Gasteiger partial charge < -0.3 is 25.4 Å². The molecule has 1 fully saturated rings. The number of aromatic amines is 1. The maximum Gasteiger partial charge on any atom is 0.279 e. The molecular formula is C21H20N4O6. The van der Waals surface area contributed by atoms with Gasteiger partial charge in [0.05, 0.1) is 15.8 Å². The summed E-state index contributed by atoms with van der Waals surface area (Å²) < 4.78 is 0. The smallest absolute Gasteiger partial charge is 0.279 e. The molecule has 1 saturated heterocycles. The number of nitrogens with one attached hydrogen (secondary N) is 2. The lowest BCUT2D eigenvalue weighted by molar-refractivity contribution is -0.383. The number of nitro benzene ring substituents is 1. The van der Waals surface area contributed by atoms with Crippen LogP contribution in [0.5, 0.6) is 5.75 Å². The summed E-state index contributed by atoms with van der Waals surface area (Å²) in [5, 5.41) is 34.7. The zero-order chi connectivity index (χ0) is 22.3.